The number of hydrogen-bond acceptors (Lipinski definition) is 2. The second kappa shape index (κ2) is 6.66. The number of hydrogen-bond donors (Lipinski definition) is 1. The number of carbonyl (C=O) groups is 1. The van der Waals surface area contributed by atoms with Crippen LogP contribution in [0.3, 0.4) is 0 Å². The van der Waals surface area contributed by atoms with E-state index in [0.29, 0.717) is 6.54 Å². The number of amides is 1. The Hall–Kier alpha value is -0.870. The molecular formula is C12H17BrN2O. The maximum absolute atomic E-state index is 11.6. The molecule has 16 heavy (non-hydrogen) atoms. The number of carbonyl (C=O) groups excluding carboxylic acids is 1. The number of nitrogens with two attached hydrogens (primary N) is 1. The van der Waals surface area contributed by atoms with E-state index in [9.17, 15) is 4.79 Å². The van der Waals surface area contributed by atoms with E-state index in [1.807, 2.05) is 24.3 Å². The number of rotatable bonds is 5. The predicted octanol–water partition coefficient (Wildman–Crippen LogP) is 2.15. The molecule has 0 saturated heterocycles. The maximum atomic E-state index is 11.6. The molecule has 0 atom stereocenters. The topological polar surface area (TPSA) is 46.3 Å². The van der Waals surface area contributed by atoms with Gasteiger partial charge in [-0.2, -0.15) is 0 Å². The molecule has 0 unspecified atom stereocenters. The second-order valence-electron chi connectivity index (χ2n) is 3.65. The standard InChI is InChI=1S/C12H17BrN2O/c1-2-7-15(12(16)8-14)9-10-3-5-11(13)6-4-10/h3-6H,2,7-9,14H2,1H3. The van der Waals surface area contributed by atoms with Crippen LogP contribution in [0.4, 0.5) is 0 Å². The molecule has 0 bridgehead atoms. The highest BCUT2D eigenvalue weighted by molar-refractivity contribution is 9.10. The minimum atomic E-state index is 0.00442. The third kappa shape index (κ3) is 3.94. The van der Waals surface area contributed by atoms with E-state index in [1.54, 1.807) is 4.90 Å². The summed E-state index contributed by atoms with van der Waals surface area (Å²) in [6.07, 6.45) is 0.947. The lowest BCUT2D eigenvalue weighted by Gasteiger charge is -2.21. The van der Waals surface area contributed by atoms with Crippen molar-refractivity contribution < 1.29 is 4.79 Å². The molecule has 0 fully saturated rings. The lowest BCUT2D eigenvalue weighted by atomic mass is 10.2. The van der Waals surface area contributed by atoms with E-state index in [2.05, 4.69) is 22.9 Å². The molecule has 88 valence electrons. The fourth-order valence-electron chi connectivity index (χ4n) is 1.50. The number of benzene rings is 1. The summed E-state index contributed by atoms with van der Waals surface area (Å²) in [5, 5.41) is 0. The summed E-state index contributed by atoms with van der Waals surface area (Å²) < 4.78 is 1.04. The number of nitrogens with zero attached hydrogens (tertiary/aromatic N) is 1. The molecule has 3 nitrogen and oxygen atoms in total. The van der Waals surface area contributed by atoms with Crippen LogP contribution in [-0.2, 0) is 11.3 Å². The van der Waals surface area contributed by atoms with Crippen LogP contribution in [0.1, 0.15) is 18.9 Å². The fourth-order valence-corrected chi connectivity index (χ4v) is 1.77. The molecule has 0 aliphatic carbocycles. The summed E-state index contributed by atoms with van der Waals surface area (Å²) in [4.78, 5) is 13.4. The van der Waals surface area contributed by atoms with Crippen molar-refractivity contribution in [2.45, 2.75) is 19.9 Å². The van der Waals surface area contributed by atoms with Gasteiger partial charge in [-0.1, -0.05) is 35.0 Å². The average Bonchev–Trinajstić information content (AvgIpc) is 2.30. The monoisotopic (exact) mass is 284 g/mol. The Bertz CT molecular complexity index is 337. The van der Waals surface area contributed by atoms with Gasteiger partial charge < -0.3 is 10.6 Å². The van der Waals surface area contributed by atoms with Crippen LogP contribution < -0.4 is 5.73 Å². The van der Waals surface area contributed by atoms with Crippen molar-refractivity contribution in [2.75, 3.05) is 13.1 Å². The van der Waals surface area contributed by atoms with Gasteiger partial charge in [-0.15, -0.1) is 0 Å². The first-order valence-corrected chi connectivity index (χ1v) is 6.19. The highest BCUT2D eigenvalue weighted by Crippen LogP contribution is 2.12. The van der Waals surface area contributed by atoms with Crippen LogP contribution in [0, 0.1) is 0 Å². The Morgan fingerprint density at radius 3 is 2.50 bits per heavy atom. The van der Waals surface area contributed by atoms with Crippen molar-refractivity contribution >= 4 is 21.8 Å². The van der Waals surface area contributed by atoms with Gasteiger partial charge in [-0.25, -0.2) is 0 Å². The van der Waals surface area contributed by atoms with Gasteiger partial charge in [0.05, 0.1) is 6.54 Å². The van der Waals surface area contributed by atoms with Gasteiger partial charge in [-0.3, -0.25) is 4.79 Å². The first-order chi connectivity index (χ1) is 7.67. The minimum absolute atomic E-state index is 0.00442. The van der Waals surface area contributed by atoms with E-state index >= 15 is 0 Å². The summed E-state index contributed by atoms with van der Waals surface area (Å²) in [5.74, 6) is 0.00442. The zero-order chi connectivity index (χ0) is 12.0. The van der Waals surface area contributed by atoms with Crippen molar-refractivity contribution in [3.8, 4) is 0 Å². The van der Waals surface area contributed by atoms with Gasteiger partial charge in [0.15, 0.2) is 0 Å². The summed E-state index contributed by atoms with van der Waals surface area (Å²) >= 11 is 3.38. The van der Waals surface area contributed by atoms with E-state index < -0.39 is 0 Å². The molecule has 1 aromatic rings. The molecule has 0 aliphatic rings. The van der Waals surface area contributed by atoms with Crippen molar-refractivity contribution in [2.24, 2.45) is 5.73 Å². The second-order valence-corrected chi connectivity index (χ2v) is 4.56. The summed E-state index contributed by atoms with van der Waals surface area (Å²) in [5.41, 5.74) is 6.51. The summed E-state index contributed by atoms with van der Waals surface area (Å²) in [6, 6.07) is 7.98. The van der Waals surface area contributed by atoms with Gasteiger partial charge in [-0.05, 0) is 24.1 Å². The molecule has 0 spiro atoms. The molecule has 2 N–H and O–H groups in total. The zero-order valence-corrected chi connectivity index (χ0v) is 11.0. The zero-order valence-electron chi connectivity index (χ0n) is 9.45. The Kier molecular flexibility index (Phi) is 5.49. The molecule has 0 heterocycles. The Morgan fingerprint density at radius 2 is 2.00 bits per heavy atom. The van der Waals surface area contributed by atoms with Crippen LogP contribution >= 0.6 is 15.9 Å². The van der Waals surface area contributed by atoms with Gasteiger partial charge in [0.2, 0.25) is 5.91 Å². The Labute approximate surface area is 105 Å². The lowest BCUT2D eigenvalue weighted by molar-refractivity contribution is -0.130. The lowest BCUT2D eigenvalue weighted by Crippen LogP contribution is -2.36. The maximum Gasteiger partial charge on any atom is 0.236 e. The fraction of sp³-hybridized carbons (Fsp3) is 0.417. The average molecular weight is 285 g/mol. The van der Waals surface area contributed by atoms with Gasteiger partial charge in [0.25, 0.3) is 0 Å². The quantitative estimate of drug-likeness (QED) is 0.901. The SMILES string of the molecule is CCCN(Cc1ccc(Br)cc1)C(=O)CN. The molecular weight excluding hydrogens is 268 g/mol. The Morgan fingerprint density at radius 1 is 1.38 bits per heavy atom. The molecule has 0 radical (unpaired) electrons. The van der Waals surface area contributed by atoms with E-state index in [4.69, 9.17) is 5.73 Å². The number of halogens is 1. The van der Waals surface area contributed by atoms with Gasteiger partial charge >= 0.3 is 0 Å². The van der Waals surface area contributed by atoms with Crippen molar-refractivity contribution in [1.29, 1.82) is 0 Å². The smallest absolute Gasteiger partial charge is 0.236 e. The molecule has 1 amide bonds. The van der Waals surface area contributed by atoms with Crippen molar-refractivity contribution in [1.82, 2.24) is 4.90 Å². The summed E-state index contributed by atoms with van der Waals surface area (Å²) in [7, 11) is 0. The first kappa shape index (κ1) is 13.2. The van der Waals surface area contributed by atoms with Crippen LogP contribution in [0.15, 0.2) is 28.7 Å². The van der Waals surface area contributed by atoms with Crippen molar-refractivity contribution in [3.63, 3.8) is 0 Å². The molecule has 0 saturated carbocycles. The Balaban J connectivity index is 2.67. The van der Waals surface area contributed by atoms with E-state index in [-0.39, 0.29) is 12.5 Å². The van der Waals surface area contributed by atoms with Crippen LogP contribution in [-0.4, -0.2) is 23.9 Å². The van der Waals surface area contributed by atoms with Gasteiger partial charge in [0, 0.05) is 17.6 Å². The first-order valence-electron chi connectivity index (χ1n) is 5.39. The predicted molar refractivity (Wildman–Crippen MR) is 68.9 cm³/mol. The third-order valence-corrected chi connectivity index (χ3v) is 2.84. The highest BCUT2D eigenvalue weighted by atomic mass is 79.9. The minimum Gasteiger partial charge on any atom is -0.337 e. The van der Waals surface area contributed by atoms with Crippen molar-refractivity contribution in [3.05, 3.63) is 34.3 Å². The van der Waals surface area contributed by atoms with Gasteiger partial charge in [0.1, 0.15) is 0 Å². The molecule has 1 aromatic carbocycles. The molecule has 0 aromatic heterocycles. The molecule has 1 rings (SSSR count). The molecule has 4 heteroatoms. The highest BCUT2D eigenvalue weighted by Gasteiger charge is 2.10. The largest absolute Gasteiger partial charge is 0.337 e. The summed E-state index contributed by atoms with van der Waals surface area (Å²) in [6.45, 7) is 3.53. The third-order valence-electron chi connectivity index (χ3n) is 2.31. The molecule has 0 aliphatic heterocycles. The van der Waals surface area contributed by atoms with Crippen LogP contribution in [0.25, 0.3) is 0 Å². The van der Waals surface area contributed by atoms with Crippen LogP contribution in [0.2, 0.25) is 0 Å². The van der Waals surface area contributed by atoms with E-state index in [0.717, 1.165) is 23.0 Å². The van der Waals surface area contributed by atoms with Crippen LogP contribution in [0.5, 0.6) is 0 Å². The normalized spacial score (nSPS) is 10.2. The van der Waals surface area contributed by atoms with E-state index in [1.165, 1.54) is 0 Å².